The molecule has 0 bridgehead atoms. The zero-order chi connectivity index (χ0) is 26.5. The summed E-state index contributed by atoms with van der Waals surface area (Å²) in [6, 6.07) is 19.3. The van der Waals surface area contributed by atoms with E-state index in [4.69, 9.17) is 9.47 Å². The summed E-state index contributed by atoms with van der Waals surface area (Å²) in [5.74, 6) is -0.0895. The molecule has 0 aliphatic heterocycles. The molecule has 0 saturated heterocycles. The molecular weight excluding hydrogens is 469 g/mol. The molecule has 0 amide bonds. The quantitative estimate of drug-likeness (QED) is 0.496. The minimum absolute atomic E-state index is 0.0238. The molecule has 0 unspecified atom stereocenters. The molecule has 0 radical (unpaired) electrons. The first kappa shape index (κ1) is 25.4. The number of nitrogens with zero attached hydrogens (tertiary/aromatic N) is 4. The first-order chi connectivity index (χ1) is 17.1. The second-order valence-corrected chi connectivity index (χ2v) is 7.59. The lowest BCUT2D eigenvalue weighted by Gasteiger charge is -2.14. The number of ether oxygens (including phenoxy) is 2. The average Bonchev–Trinajstić information content (AvgIpc) is 2.82. The van der Waals surface area contributed by atoms with Gasteiger partial charge in [0.05, 0.1) is 5.56 Å². The van der Waals surface area contributed by atoms with Crippen molar-refractivity contribution < 1.29 is 22.6 Å². The molecule has 0 aliphatic rings. The number of benzene rings is 3. The smallest absolute Gasteiger partial charge is 0.416 e. The second-order valence-electron chi connectivity index (χ2n) is 7.59. The summed E-state index contributed by atoms with van der Waals surface area (Å²) in [4.78, 5) is 0. The second kappa shape index (κ2) is 10.3. The highest BCUT2D eigenvalue weighted by molar-refractivity contribution is 5.77. The lowest BCUT2D eigenvalue weighted by Crippen LogP contribution is -2.18. The van der Waals surface area contributed by atoms with Gasteiger partial charge in [0.1, 0.15) is 58.4 Å². The van der Waals surface area contributed by atoms with Gasteiger partial charge >= 0.3 is 6.18 Å². The maximum absolute atomic E-state index is 13.3. The Morgan fingerprint density at radius 3 is 1.64 bits per heavy atom. The van der Waals surface area contributed by atoms with Crippen LogP contribution in [0.5, 0.6) is 23.0 Å². The molecule has 0 atom stereocenters. The van der Waals surface area contributed by atoms with Gasteiger partial charge < -0.3 is 9.47 Å². The monoisotopic (exact) mass is 484 g/mol. The van der Waals surface area contributed by atoms with Crippen LogP contribution >= 0.6 is 0 Å². The first-order valence-electron chi connectivity index (χ1n) is 10.2. The highest BCUT2D eigenvalue weighted by Crippen LogP contribution is 2.33. The van der Waals surface area contributed by atoms with Crippen LogP contribution in [0.3, 0.4) is 0 Å². The molecule has 3 aromatic rings. The van der Waals surface area contributed by atoms with Gasteiger partial charge in [0, 0.05) is 10.4 Å². The predicted molar refractivity (Wildman–Crippen MR) is 122 cm³/mol. The lowest BCUT2D eigenvalue weighted by molar-refractivity contribution is -0.137. The Morgan fingerprint density at radius 1 is 0.667 bits per heavy atom. The topological polar surface area (TPSA) is 114 Å². The van der Waals surface area contributed by atoms with Crippen molar-refractivity contribution in [2.45, 2.75) is 20.0 Å². The van der Waals surface area contributed by atoms with E-state index in [9.17, 15) is 34.2 Å². The fourth-order valence-corrected chi connectivity index (χ4v) is 3.31. The molecule has 0 fully saturated rings. The van der Waals surface area contributed by atoms with Gasteiger partial charge in [0.15, 0.2) is 0 Å². The van der Waals surface area contributed by atoms with Crippen LogP contribution in [0.1, 0.15) is 16.7 Å². The maximum atomic E-state index is 13.3. The number of nitriles is 4. The van der Waals surface area contributed by atoms with E-state index in [-0.39, 0.29) is 38.8 Å². The average molecular weight is 484 g/mol. The van der Waals surface area contributed by atoms with E-state index in [0.29, 0.717) is 5.75 Å². The minimum atomic E-state index is -4.64. The molecular formula is C27H15F3N4O2. The van der Waals surface area contributed by atoms with E-state index in [1.807, 2.05) is 13.0 Å². The van der Waals surface area contributed by atoms with Crippen LogP contribution in [-0.2, 0) is 6.18 Å². The Balaban J connectivity index is 2.35. The molecule has 0 aliphatic carbocycles. The Labute approximate surface area is 204 Å². The van der Waals surface area contributed by atoms with Gasteiger partial charge in [-0.15, -0.1) is 0 Å². The van der Waals surface area contributed by atoms with Crippen LogP contribution in [0.25, 0.3) is 11.1 Å². The molecule has 0 heterocycles. The molecule has 9 heteroatoms. The molecule has 0 spiro atoms. The fraction of sp³-hybridized carbons (Fsp3) is 0.111. The zero-order valence-electron chi connectivity index (χ0n) is 18.9. The third-order valence-electron chi connectivity index (χ3n) is 4.89. The van der Waals surface area contributed by atoms with Crippen LogP contribution in [0.15, 0.2) is 54.6 Å². The summed E-state index contributed by atoms with van der Waals surface area (Å²) in [7, 11) is 0. The summed E-state index contributed by atoms with van der Waals surface area (Å²) >= 11 is 0. The van der Waals surface area contributed by atoms with Crippen molar-refractivity contribution in [3.8, 4) is 47.3 Å². The van der Waals surface area contributed by atoms with E-state index in [0.717, 1.165) is 17.7 Å². The van der Waals surface area contributed by atoms with Crippen LogP contribution < -0.4 is 19.9 Å². The molecule has 0 N–H and O–H groups in total. The molecule has 176 valence electrons. The number of aryl methyl sites for hydroxylation is 2. The Bertz CT molecular complexity index is 1620. The fourth-order valence-electron chi connectivity index (χ4n) is 3.31. The van der Waals surface area contributed by atoms with Gasteiger partial charge in [0.25, 0.3) is 0 Å². The number of halogens is 3. The minimum Gasteiger partial charge on any atom is -0.457 e. The summed E-state index contributed by atoms with van der Waals surface area (Å²) in [5, 5.41) is 37.8. The number of hydrogen-bond acceptors (Lipinski definition) is 6. The van der Waals surface area contributed by atoms with Gasteiger partial charge in [-0.2, -0.15) is 34.2 Å². The van der Waals surface area contributed by atoms with Crippen molar-refractivity contribution >= 4 is 11.1 Å². The summed E-state index contributed by atoms with van der Waals surface area (Å²) in [5.41, 5.74) is -0.619. The Kier molecular flexibility index (Phi) is 7.29. The van der Waals surface area contributed by atoms with Crippen molar-refractivity contribution in [3.63, 3.8) is 0 Å². The molecule has 3 rings (SSSR count). The van der Waals surface area contributed by atoms with E-state index in [2.05, 4.69) is 0 Å². The largest absolute Gasteiger partial charge is 0.457 e. The zero-order valence-corrected chi connectivity index (χ0v) is 18.9. The Hall–Kier alpha value is -5.25. The van der Waals surface area contributed by atoms with Crippen molar-refractivity contribution in [1.29, 1.82) is 21.0 Å². The molecule has 0 aromatic heterocycles. The lowest BCUT2D eigenvalue weighted by atomic mass is 10.1. The van der Waals surface area contributed by atoms with Crippen LogP contribution in [0, 0.1) is 59.2 Å². The van der Waals surface area contributed by atoms with Gasteiger partial charge in [-0.25, -0.2) is 0 Å². The third-order valence-corrected chi connectivity index (χ3v) is 4.89. The summed E-state index contributed by atoms with van der Waals surface area (Å²) in [6.45, 7) is 3.28. The normalized spacial score (nSPS) is 10.2. The van der Waals surface area contributed by atoms with E-state index < -0.39 is 17.3 Å². The van der Waals surface area contributed by atoms with Gasteiger partial charge in [-0.3, -0.25) is 0 Å². The number of rotatable bonds is 4. The number of alkyl halides is 3. The maximum Gasteiger partial charge on any atom is 0.416 e. The molecule has 36 heavy (non-hydrogen) atoms. The van der Waals surface area contributed by atoms with E-state index in [1.165, 1.54) is 25.1 Å². The van der Waals surface area contributed by atoms with E-state index in [1.54, 1.807) is 42.5 Å². The number of hydrogen-bond donors (Lipinski definition) is 0. The van der Waals surface area contributed by atoms with Crippen molar-refractivity contribution in [2.24, 2.45) is 0 Å². The van der Waals surface area contributed by atoms with Crippen molar-refractivity contribution in [1.82, 2.24) is 0 Å². The Morgan fingerprint density at radius 2 is 1.17 bits per heavy atom. The highest BCUT2D eigenvalue weighted by Gasteiger charge is 2.31. The molecule has 0 saturated carbocycles. The van der Waals surface area contributed by atoms with Crippen molar-refractivity contribution in [2.75, 3.05) is 0 Å². The molecule has 3 aromatic carbocycles. The summed E-state index contributed by atoms with van der Waals surface area (Å²) in [6.07, 6.45) is -4.64. The standard InChI is InChI=1S/C27H15F3N4O2/c1-16-4-3-5-21(7-16)35-25-10-24(19(14-33)15-34)26(11-23(25)18(12-31)13-32)36-22-8-17(2)6-20(9-22)27(28,29)30/h3-11H,1-2H3. The van der Waals surface area contributed by atoms with E-state index >= 15 is 0 Å². The third kappa shape index (κ3) is 5.62. The van der Waals surface area contributed by atoms with Crippen molar-refractivity contribution in [3.05, 3.63) is 81.7 Å². The van der Waals surface area contributed by atoms with Crippen LogP contribution in [0.2, 0.25) is 0 Å². The van der Waals surface area contributed by atoms with Gasteiger partial charge in [-0.05, 0) is 67.4 Å². The SMILES string of the molecule is Cc1cccc(Oc2cc(=C(C#N)C#N)c(Oc3cc(C)cc(C(F)(F)F)c3)cc2=C(C#N)C#N)c1. The van der Waals surface area contributed by atoms with Crippen LogP contribution in [-0.4, -0.2) is 0 Å². The predicted octanol–water partition coefficient (Wildman–Crippen LogP) is 5.30. The highest BCUT2D eigenvalue weighted by atomic mass is 19.4. The first-order valence-corrected chi connectivity index (χ1v) is 10.2. The van der Waals surface area contributed by atoms with Gasteiger partial charge in [0.2, 0.25) is 0 Å². The van der Waals surface area contributed by atoms with Crippen LogP contribution in [0.4, 0.5) is 13.2 Å². The van der Waals surface area contributed by atoms with Gasteiger partial charge in [-0.1, -0.05) is 12.1 Å². The molecule has 6 nitrogen and oxygen atoms in total. The summed E-state index contributed by atoms with van der Waals surface area (Å²) < 4.78 is 51.5.